The van der Waals surface area contributed by atoms with Crippen LogP contribution in [-0.2, 0) is 6.42 Å². The maximum absolute atomic E-state index is 11.9. The van der Waals surface area contributed by atoms with Crippen LogP contribution in [0.2, 0.25) is 0 Å². The van der Waals surface area contributed by atoms with Gasteiger partial charge < -0.3 is 5.32 Å². The maximum Gasteiger partial charge on any atom is 0.253 e. The van der Waals surface area contributed by atoms with Gasteiger partial charge in [-0.05, 0) is 72.4 Å². The Kier molecular flexibility index (Phi) is 5.44. The molecule has 18 heavy (non-hydrogen) atoms. The first-order valence-electron chi connectivity index (χ1n) is 5.03. The van der Waals surface area contributed by atoms with Gasteiger partial charge in [-0.15, -0.1) is 22.7 Å². The number of rotatable bonds is 4. The standard InChI is InChI=1S/C11H8Br3NOS2/c12-8-2-1-6(17-8)3-4-15-11(16)7-5-9(13)18-10(7)14/h1-2,5H,3-4H2,(H,15,16). The van der Waals surface area contributed by atoms with Gasteiger partial charge in [-0.2, -0.15) is 0 Å². The number of hydrogen-bond donors (Lipinski definition) is 1. The molecular formula is C11H8Br3NOS2. The molecule has 2 nitrogen and oxygen atoms in total. The topological polar surface area (TPSA) is 29.1 Å². The molecule has 0 unspecified atom stereocenters. The highest BCUT2D eigenvalue weighted by Gasteiger charge is 2.13. The molecule has 0 aliphatic carbocycles. The van der Waals surface area contributed by atoms with Crippen molar-refractivity contribution in [1.82, 2.24) is 5.32 Å². The predicted molar refractivity (Wildman–Crippen MR) is 87.8 cm³/mol. The summed E-state index contributed by atoms with van der Waals surface area (Å²) >= 11 is 13.4. The fourth-order valence-electron chi connectivity index (χ4n) is 1.38. The second kappa shape index (κ2) is 6.65. The summed E-state index contributed by atoms with van der Waals surface area (Å²) < 4.78 is 2.92. The van der Waals surface area contributed by atoms with Crippen LogP contribution in [-0.4, -0.2) is 12.5 Å². The van der Waals surface area contributed by atoms with Crippen LogP contribution in [0.4, 0.5) is 0 Å². The summed E-state index contributed by atoms with van der Waals surface area (Å²) in [6, 6.07) is 5.91. The summed E-state index contributed by atoms with van der Waals surface area (Å²) in [7, 11) is 0. The van der Waals surface area contributed by atoms with E-state index in [-0.39, 0.29) is 5.91 Å². The normalized spacial score (nSPS) is 10.6. The molecule has 0 bridgehead atoms. The molecule has 0 radical (unpaired) electrons. The van der Waals surface area contributed by atoms with E-state index in [2.05, 4.69) is 59.2 Å². The van der Waals surface area contributed by atoms with Crippen molar-refractivity contribution >= 4 is 76.4 Å². The van der Waals surface area contributed by atoms with Gasteiger partial charge in [0.1, 0.15) is 0 Å². The summed E-state index contributed by atoms with van der Waals surface area (Å²) in [5.74, 6) is -0.0422. The molecule has 2 heterocycles. The van der Waals surface area contributed by atoms with Gasteiger partial charge in [-0.25, -0.2) is 0 Å². The van der Waals surface area contributed by atoms with E-state index in [1.807, 2.05) is 12.1 Å². The van der Waals surface area contributed by atoms with Crippen molar-refractivity contribution in [2.24, 2.45) is 0 Å². The van der Waals surface area contributed by atoms with Gasteiger partial charge in [0.25, 0.3) is 5.91 Å². The van der Waals surface area contributed by atoms with Crippen LogP contribution in [0.5, 0.6) is 0 Å². The van der Waals surface area contributed by atoms with E-state index in [0.29, 0.717) is 12.1 Å². The Morgan fingerprint density at radius 2 is 1.94 bits per heavy atom. The highest BCUT2D eigenvalue weighted by Crippen LogP contribution is 2.31. The summed E-state index contributed by atoms with van der Waals surface area (Å²) in [6.45, 7) is 0.645. The second-order valence-corrected chi connectivity index (χ2v) is 9.75. The summed E-state index contributed by atoms with van der Waals surface area (Å²) in [5.41, 5.74) is 0.680. The third kappa shape index (κ3) is 3.90. The second-order valence-electron chi connectivity index (χ2n) is 3.45. The van der Waals surface area contributed by atoms with Gasteiger partial charge in [0.2, 0.25) is 0 Å². The lowest BCUT2D eigenvalue weighted by molar-refractivity contribution is 0.0954. The third-order valence-corrected chi connectivity index (χ3v) is 6.21. The van der Waals surface area contributed by atoms with Gasteiger partial charge >= 0.3 is 0 Å². The van der Waals surface area contributed by atoms with Crippen LogP contribution < -0.4 is 5.32 Å². The Morgan fingerprint density at radius 3 is 2.50 bits per heavy atom. The van der Waals surface area contributed by atoms with Crippen LogP contribution in [0.15, 0.2) is 29.6 Å². The zero-order chi connectivity index (χ0) is 13.1. The van der Waals surface area contributed by atoms with Crippen molar-refractivity contribution in [3.63, 3.8) is 0 Å². The molecule has 0 atom stereocenters. The molecule has 0 aliphatic rings. The molecule has 0 aromatic carbocycles. The lowest BCUT2D eigenvalue weighted by atomic mass is 10.3. The third-order valence-electron chi connectivity index (χ3n) is 2.19. The first-order chi connectivity index (χ1) is 8.56. The minimum absolute atomic E-state index is 0.0422. The smallest absolute Gasteiger partial charge is 0.253 e. The zero-order valence-corrected chi connectivity index (χ0v) is 15.4. The molecule has 0 fully saturated rings. The Labute approximate surface area is 138 Å². The molecule has 2 rings (SSSR count). The molecule has 1 N–H and O–H groups in total. The number of carbonyl (C=O) groups is 1. The first-order valence-corrected chi connectivity index (χ1v) is 9.04. The average Bonchev–Trinajstić information content (AvgIpc) is 2.85. The Morgan fingerprint density at radius 1 is 1.17 bits per heavy atom. The fraction of sp³-hybridized carbons (Fsp3) is 0.182. The van der Waals surface area contributed by atoms with Crippen LogP contribution >= 0.6 is 70.5 Å². The van der Waals surface area contributed by atoms with Gasteiger partial charge in [0, 0.05) is 11.4 Å². The number of amides is 1. The van der Waals surface area contributed by atoms with Gasteiger partial charge in [0.05, 0.1) is 16.9 Å². The van der Waals surface area contributed by atoms with Crippen molar-refractivity contribution in [3.8, 4) is 0 Å². The van der Waals surface area contributed by atoms with E-state index in [0.717, 1.165) is 17.8 Å². The number of nitrogens with one attached hydrogen (secondary N) is 1. The summed E-state index contributed by atoms with van der Waals surface area (Å²) in [5, 5.41) is 2.92. The number of carbonyl (C=O) groups excluding carboxylic acids is 1. The minimum Gasteiger partial charge on any atom is -0.352 e. The molecule has 2 aromatic heterocycles. The van der Waals surface area contributed by atoms with E-state index in [1.54, 1.807) is 11.3 Å². The maximum atomic E-state index is 11.9. The Balaban J connectivity index is 1.87. The molecule has 0 saturated heterocycles. The monoisotopic (exact) mass is 471 g/mol. The first kappa shape index (κ1) is 14.7. The summed E-state index contributed by atoms with van der Waals surface area (Å²) in [4.78, 5) is 13.2. The number of halogens is 3. The average molecular weight is 474 g/mol. The number of thiophene rings is 2. The van der Waals surface area contributed by atoms with Crippen molar-refractivity contribution in [3.05, 3.63) is 40.0 Å². The van der Waals surface area contributed by atoms with Crippen molar-refractivity contribution in [2.45, 2.75) is 6.42 Å². The number of hydrogen-bond acceptors (Lipinski definition) is 3. The quantitative estimate of drug-likeness (QED) is 0.660. The van der Waals surface area contributed by atoms with Crippen molar-refractivity contribution < 1.29 is 4.79 Å². The highest BCUT2D eigenvalue weighted by atomic mass is 79.9. The molecule has 0 spiro atoms. The van der Waals surface area contributed by atoms with E-state index in [1.165, 1.54) is 16.2 Å². The van der Waals surface area contributed by atoms with Crippen LogP contribution in [0, 0.1) is 0 Å². The molecule has 0 saturated carbocycles. The SMILES string of the molecule is O=C(NCCc1ccc(Br)s1)c1cc(Br)sc1Br. The predicted octanol–water partition coefficient (Wildman–Crippen LogP) is 5.07. The molecular weight excluding hydrogens is 466 g/mol. The Bertz CT molecular complexity index is 564. The van der Waals surface area contributed by atoms with E-state index in [9.17, 15) is 4.79 Å². The van der Waals surface area contributed by atoms with Gasteiger partial charge in [-0.1, -0.05) is 0 Å². The van der Waals surface area contributed by atoms with Crippen LogP contribution in [0.1, 0.15) is 15.2 Å². The molecule has 7 heteroatoms. The van der Waals surface area contributed by atoms with E-state index >= 15 is 0 Å². The largest absolute Gasteiger partial charge is 0.352 e. The van der Waals surface area contributed by atoms with E-state index < -0.39 is 0 Å². The lowest BCUT2D eigenvalue weighted by Crippen LogP contribution is -2.25. The molecule has 0 aliphatic heterocycles. The van der Waals surface area contributed by atoms with Gasteiger partial charge in [-0.3, -0.25) is 4.79 Å². The molecule has 96 valence electrons. The summed E-state index contributed by atoms with van der Waals surface area (Å²) in [6.07, 6.45) is 0.852. The van der Waals surface area contributed by atoms with Gasteiger partial charge in [0.15, 0.2) is 0 Å². The van der Waals surface area contributed by atoms with Crippen molar-refractivity contribution in [2.75, 3.05) is 6.54 Å². The van der Waals surface area contributed by atoms with Crippen LogP contribution in [0.3, 0.4) is 0 Å². The van der Waals surface area contributed by atoms with E-state index in [4.69, 9.17) is 0 Å². The van der Waals surface area contributed by atoms with Crippen LogP contribution in [0.25, 0.3) is 0 Å². The lowest BCUT2D eigenvalue weighted by Gasteiger charge is -2.02. The fourth-order valence-corrected chi connectivity index (χ4v) is 5.65. The molecule has 1 amide bonds. The Hall–Kier alpha value is 0.310. The highest BCUT2D eigenvalue weighted by molar-refractivity contribution is 9.12. The molecule has 2 aromatic rings. The minimum atomic E-state index is -0.0422. The zero-order valence-electron chi connectivity index (χ0n) is 9.00. The van der Waals surface area contributed by atoms with Crippen molar-refractivity contribution in [1.29, 1.82) is 0 Å².